The van der Waals surface area contributed by atoms with Gasteiger partial charge in [0, 0.05) is 16.7 Å². The number of aromatic nitrogens is 2. The Kier molecular flexibility index (Phi) is 5.60. The van der Waals surface area contributed by atoms with E-state index in [2.05, 4.69) is 62.0 Å². The zero-order valence-electron chi connectivity index (χ0n) is 18.2. The number of benzene rings is 2. The third kappa shape index (κ3) is 4.62. The van der Waals surface area contributed by atoms with Crippen LogP contribution in [0.25, 0.3) is 11.0 Å². The fraction of sp³-hybridized carbons (Fsp3) is 0.348. The highest BCUT2D eigenvalue weighted by Gasteiger charge is 2.26. The molecule has 0 unspecified atom stereocenters. The number of amides is 1. The van der Waals surface area contributed by atoms with Crippen molar-refractivity contribution in [1.29, 1.82) is 0 Å². The molecule has 1 heterocycles. The van der Waals surface area contributed by atoms with E-state index in [1.54, 1.807) is 24.4 Å². The lowest BCUT2D eigenvalue weighted by atomic mass is 9.78. The molecule has 3 aromatic rings. The zero-order chi connectivity index (χ0) is 22.3. The van der Waals surface area contributed by atoms with Gasteiger partial charge >= 0.3 is 0 Å². The summed E-state index contributed by atoms with van der Waals surface area (Å²) in [7, 11) is 0. The van der Waals surface area contributed by atoms with E-state index >= 15 is 0 Å². The van der Waals surface area contributed by atoms with Gasteiger partial charge in [0.25, 0.3) is 5.91 Å². The van der Waals surface area contributed by atoms with Crippen LogP contribution in [0.5, 0.6) is 5.75 Å². The first kappa shape index (κ1) is 21.8. The molecule has 0 aliphatic rings. The molecule has 0 saturated carbocycles. The Labute approximate surface area is 181 Å². The fourth-order valence-corrected chi connectivity index (χ4v) is 3.50. The van der Waals surface area contributed by atoms with E-state index in [0.29, 0.717) is 16.1 Å². The quantitative estimate of drug-likeness (QED) is 0.261. The van der Waals surface area contributed by atoms with E-state index in [4.69, 9.17) is 12.2 Å². The van der Waals surface area contributed by atoms with Crippen molar-refractivity contribution in [2.75, 3.05) is 0 Å². The Morgan fingerprint density at radius 3 is 2.13 bits per heavy atom. The molecule has 0 spiro atoms. The lowest BCUT2D eigenvalue weighted by Gasteiger charge is -2.27. The predicted molar refractivity (Wildman–Crippen MR) is 124 cm³/mol. The number of H-pyrrole nitrogens is 2. The van der Waals surface area contributed by atoms with Crippen LogP contribution < -0.4 is 5.43 Å². The van der Waals surface area contributed by atoms with Crippen LogP contribution >= 0.6 is 12.2 Å². The summed E-state index contributed by atoms with van der Waals surface area (Å²) in [4.78, 5) is 18.5. The Bertz CT molecular complexity index is 1160. The zero-order valence-corrected chi connectivity index (χ0v) is 19.0. The highest BCUT2D eigenvalue weighted by molar-refractivity contribution is 7.71. The molecule has 158 valence electrons. The van der Waals surface area contributed by atoms with Crippen molar-refractivity contribution in [3.8, 4) is 5.75 Å². The molecule has 0 saturated heterocycles. The number of carbonyl (C=O) groups excluding carboxylic acids is 1. The molecule has 6 nitrogen and oxygen atoms in total. The second-order valence-corrected chi connectivity index (χ2v) is 9.91. The molecule has 2 aromatic carbocycles. The van der Waals surface area contributed by atoms with Gasteiger partial charge in [-0.3, -0.25) is 4.79 Å². The molecular weight excluding hydrogens is 396 g/mol. The number of aromatic hydroxyl groups is 1. The first-order valence-corrected chi connectivity index (χ1v) is 10.2. The van der Waals surface area contributed by atoms with Gasteiger partial charge in [0.05, 0.1) is 17.2 Å². The number of aromatic amines is 2. The van der Waals surface area contributed by atoms with Gasteiger partial charge in [-0.2, -0.15) is 5.10 Å². The average molecular weight is 425 g/mol. The van der Waals surface area contributed by atoms with Gasteiger partial charge in [-0.25, -0.2) is 5.43 Å². The van der Waals surface area contributed by atoms with Crippen molar-refractivity contribution in [2.45, 2.75) is 52.4 Å². The van der Waals surface area contributed by atoms with Crippen LogP contribution in [0.2, 0.25) is 0 Å². The number of phenolic OH excluding ortho intramolecular Hbond substituents is 1. The maximum absolute atomic E-state index is 12.5. The van der Waals surface area contributed by atoms with E-state index in [0.717, 1.165) is 27.7 Å². The molecule has 1 aromatic heterocycles. The molecule has 3 rings (SSSR count). The molecule has 0 aliphatic carbocycles. The minimum Gasteiger partial charge on any atom is -0.507 e. The number of imidazole rings is 1. The van der Waals surface area contributed by atoms with Crippen LogP contribution in [-0.2, 0) is 10.8 Å². The molecule has 0 aliphatic heterocycles. The van der Waals surface area contributed by atoms with Crippen molar-refractivity contribution in [3.05, 3.63) is 57.4 Å². The molecule has 0 fully saturated rings. The fourth-order valence-electron chi connectivity index (χ4n) is 3.28. The van der Waals surface area contributed by atoms with Crippen molar-refractivity contribution in [1.82, 2.24) is 15.4 Å². The summed E-state index contributed by atoms with van der Waals surface area (Å²) in [6.45, 7) is 12.3. The van der Waals surface area contributed by atoms with E-state index in [-0.39, 0.29) is 16.7 Å². The number of hydrogen-bond donors (Lipinski definition) is 4. The normalized spacial score (nSPS) is 12.6. The van der Waals surface area contributed by atoms with Gasteiger partial charge in [-0.1, -0.05) is 41.5 Å². The number of nitrogens with one attached hydrogen (secondary N) is 3. The SMILES string of the molecule is CC(C)(C)c1cc(/C=N\NC(=O)c2ccc3[nH]c(=S)[nH]c3c2)cc(C(C)(C)C)c1O. The number of phenols is 1. The maximum Gasteiger partial charge on any atom is 0.271 e. The highest BCUT2D eigenvalue weighted by atomic mass is 32.1. The summed E-state index contributed by atoms with van der Waals surface area (Å²) in [6.07, 6.45) is 1.60. The summed E-state index contributed by atoms with van der Waals surface area (Å²) < 4.78 is 0.511. The van der Waals surface area contributed by atoms with Crippen LogP contribution in [-0.4, -0.2) is 27.2 Å². The summed E-state index contributed by atoms with van der Waals surface area (Å²) >= 11 is 5.08. The van der Waals surface area contributed by atoms with Crippen LogP contribution in [0, 0.1) is 4.77 Å². The first-order chi connectivity index (χ1) is 13.9. The molecule has 4 N–H and O–H groups in total. The smallest absolute Gasteiger partial charge is 0.271 e. The van der Waals surface area contributed by atoms with Crippen LogP contribution in [0.1, 0.15) is 68.6 Å². The first-order valence-electron chi connectivity index (χ1n) is 9.80. The lowest BCUT2D eigenvalue weighted by molar-refractivity contribution is 0.0955. The Hall–Kier alpha value is -2.93. The number of nitrogens with zero attached hydrogens (tertiary/aromatic N) is 1. The largest absolute Gasteiger partial charge is 0.507 e. The molecule has 1 amide bonds. The van der Waals surface area contributed by atoms with E-state index in [1.165, 1.54) is 0 Å². The van der Waals surface area contributed by atoms with Crippen molar-refractivity contribution in [2.24, 2.45) is 5.10 Å². The van der Waals surface area contributed by atoms with Crippen molar-refractivity contribution < 1.29 is 9.90 Å². The Morgan fingerprint density at radius 2 is 1.57 bits per heavy atom. The average Bonchev–Trinajstić information content (AvgIpc) is 2.99. The summed E-state index contributed by atoms with van der Waals surface area (Å²) in [6, 6.07) is 9.05. The molecule has 7 heteroatoms. The second-order valence-electron chi connectivity index (χ2n) is 9.50. The number of hydrogen-bond acceptors (Lipinski definition) is 4. The van der Waals surface area contributed by atoms with Crippen molar-refractivity contribution >= 4 is 35.4 Å². The van der Waals surface area contributed by atoms with Crippen LogP contribution in [0.4, 0.5) is 0 Å². The van der Waals surface area contributed by atoms with Gasteiger partial charge < -0.3 is 15.1 Å². The van der Waals surface area contributed by atoms with Gasteiger partial charge in [-0.05, 0) is 58.9 Å². The summed E-state index contributed by atoms with van der Waals surface area (Å²) in [5.74, 6) is -0.00659. The Balaban J connectivity index is 1.87. The van der Waals surface area contributed by atoms with E-state index < -0.39 is 0 Å². The highest BCUT2D eigenvalue weighted by Crippen LogP contribution is 2.39. The Morgan fingerprint density at radius 1 is 1.00 bits per heavy atom. The van der Waals surface area contributed by atoms with Gasteiger partial charge in [0.2, 0.25) is 0 Å². The standard InChI is InChI=1S/C23H28N4O2S/c1-22(2,3)15-9-13(10-16(19(15)28)23(4,5)6)12-24-27-20(29)14-7-8-17-18(11-14)26-21(30)25-17/h7-12,28H,1-6H3,(H,27,29)(H2,25,26,30)/b24-12-. The molecule has 0 atom stereocenters. The van der Waals surface area contributed by atoms with E-state index in [9.17, 15) is 9.90 Å². The topological polar surface area (TPSA) is 93.3 Å². The van der Waals surface area contributed by atoms with Gasteiger partial charge in [0.15, 0.2) is 4.77 Å². The third-order valence-corrected chi connectivity index (χ3v) is 5.11. The van der Waals surface area contributed by atoms with Gasteiger partial charge in [-0.15, -0.1) is 0 Å². The minimum absolute atomic E-state index is 0.233. The molecule has 0 bridgehead atoms. The number of fused-ring (bicyclic) bond motifs is 1. The summed E-state index contributed by atoms with van der Waals surface area (Å²) in [5, 5.41) is 14.9. The lowest BCUT2D eigenvalue weighted by Crippen LogP contribution is -2.19. The molecular formula is C23H28N4O2S. The summed E-state index contributed by atoms with van der Waals surface area (Å²) in [5.41, 5.74) is 6.68. The second kappa shape index (κ2) is 7.72. The van der Waals surface area contributed by atoms with E-state index in [1.807, 2.05) is 12.1 Å². The van der Waals surface area contributed by atoms with Crippen molar-refractivity contribution in [3.63, 3.8) is 0 Å². The van der Waals surface area contributed by atoms with Crippen LogP contribution in [0.15, 0.2) is 35.4 Å². The number of rotatable bonds is 3. The third-order valence-electron chi connectivity index (χ3n) is 4.91. The predicted octanol–water partition coefficient (Wildman–Crippen LogP) is 5.29. The maximum atomic E-state index is 12.5. The number of hydrazone groups is 1. The van der Waals surface area contributed by atoms with Gasteiger partial charge in [0.1, 0.15) is 5.75 Å². The molecule has 30 heavy (non-hydrogen) atoms. The minimum atomic E-state index is -0.320. The number of carbonyl (C=O) groups is 1. The molecule has 0 radical (unpaired) electrons. The monoisotopic (exact) mass is 424 g/mol. The van der Waals surface area contributed by atoms with Crippen LogP contribution in [0.3, 0.4) is 0 Å².